The SMILES string of the molecule is COC(=O)Cc1ccc(OS(=O)(=O)c2ccc(Br)cc2)cc1. The minimum Gasteiger partial charge on any atom is -0.469 e. The zero-order valence-corrected chi connectivity index (χ0v) is 14.1. The van der Waals surface area contributed by atoms with Crippen molar-refractivity contribution < 1.29 is 22.1 Å². The van der Waals surface area contributed by atoms with Gasteiger partial charge in [0.15, 0.2) is 0 Å². The third-order valence-corrected chi connectivity index (χ3v) is 4.60. The molecule has 0 fully saturated rings. The van der Waals surface area contributed by atoms with Gasteiger partial charge in [0.2, 0.25) is 0 Å². The van der Waals surface area contributed by atoms with Crippen LogP contribution in [0, 0.1) is 0 Å². The van der Waals surface area contributed by atoms with Crippen LogP contribution < -0.4 is 4.18 Å². The summed E-state index contributed by atoms with van der Waals surface area (Å²) in [6, 6.07) is 12.4. The smallest absolute Gasteiger partial charge is 0.339 e. The molecule has 0 bridgehead atoms. The van der Waals surface area contributed by atoms with Gasteiger partial charge in [0.25, 0.3) is 0 Å². The molecule has 0 saturated heterocycles. The minimum absolute atomic E-state index is 0.0642. The molecule has 7 heteroatoms. The molecule has 116 valence electrons. The molecule has 2 aromatic rings. The third kappa shape index (κ3) is 4.32. The summed E-state index contributed by atoms with van der Waals surface area (Å²) in [7, 11) is -2.57. The van der Waals surface area contributed by atoms with Gasteiger partial charge in [-0.25, -0.2) is 0 Å². The lowest BCUT2D eigenvalue weighted by atomic mass is 10.1. The summed E-state index contributed by atoms with van der Waals surface area (Å²) in [5, 5.41) is 0. The summed E-state index contributed by atoms with van der Waals surface area (Å²) in [6.07, 6.45) is 0.121. The van der Waals surface area contributed by atoms with Gasteiger partial charge in [-0.15, -0.1) is 0 Å². The largest absolute Gasteiger partial charge is 0.469 e. The fourth-order valence-corrected chi connectivity index (χ4v) is 2.87. The molecule has 0 radical (unpaired) electrons. The van der Waals surface area contributed by atoms with Crippen molar-refractivity contribution in [1.29, 1.82) is 0 Å². The number of hydrogen-bond acceptors (Lipinski definition) is 5. The van der Waals surface area contributed by atoms with E-state index in [0.717, 1.165) is 4.47 Å². The Bertz CT molecular complexity index is 752. The summed E-state index contributed by atoms with van der Waals surface area (Å²) >= 11 is 3.24. The second kappa shape index (κ2) is 6.93. The molecule has 0 aliphatic rings. The first-order valence-electron chi connectivity index (χ1n) is 6.26. The molecular weight excluding hydrogens is 372 g/mol. The average Bonchev–Trinajstić information content (AvgIpc) is 2.49. The molecule has 0 atom stereocenters. The molecule has 0 saturated carbocycles. The fourth-order valence-electron chi connectivity index (χ4n) is 1.68. The van der Waals surface area contributed by atoms with E-state index in [2.05, 4.69) is 20.7 Å². The number of benzene rings is 2. The van der Waals surface area contributed by atoms with Gasteiger partial charge in [-0.1, -0.05) is 28.1 Å². The normalized spacial score (nSPS) is 11.0. The second-order valence-corrected chi connectivity index (χ2v) is 6.85. The average molecular weight is 385 g/mol. The van der Waals surface area contributed by atoms with E-state index in [9.17, 15) is 13.2 Å². The second-order valence-electron chi connectivity index (χ2n) is 4.39. The molecule has 5 nitrogen and oxygen atoms in total. The van der Waals surface area contributed by atoms with Crippen LogP contribution >= 0.6 is 15.9 Å². The number of rotatable bonds is 5. The van der Waals surface area contributed by atoms with Crippen LogP contribution in [0.2, 0.25) is 0 Å². The van der Waals surface area contributed by atoms with Crippen molar-refractivity contribution in [3.63, 3.8) is 0 Å². The lowest BCUT2D eigenvalue weighted by Crippen LogP contribution is -2.09. The van der Waals surface area contributed by atoms with Crippen LogP contribution in [0.3, 0.4) is 0 Å². The van der Waals surface area contributed by atoms with Gasteiger partial charge in [-0.2, -0.15) is 8.42 Å². The Morgan fingerprint density at radius 2 is 1.64 bits per heavy atom. The number of halogens is 1. The zero-order chi connectivity index (χ0) is 16.2. The first kappa shape index (κ1) is 16.5. The quantitative estimate of drug-likeness (QED) is 0.585. The van der Waals surface area contributed by atoms with Crippen LogP contribution in [0.5, 0.6) is 5.75 Å². The highest BCUT2D eigenvalue weighted by Crippen LogP contribution is 2.21. The van der Waals surface area contributed by atoms with Crippen LogP contribution in [0.1, 0.15) is 5.56 Å². The Hall–Kier alpha value is -1.86. The van der Waals surface area contributed by atoms with Crippen LogP contribution in [0.25, 0.3) is 0 Å². The molecule has 2 aromatic carbocycles. The maximum absolute atomic E-state index is 12.1. The Kier molecular flexibility index (Phi) is 5.20. The summed E-state index contributed by atoms with van der Waals surface area (Å²) < 4.78 is 34.6. The van der Waals surface area contributed by atoms with Gasteiger partial charge in [0.05, 0.1) is 13.5 Å². The lowest BCUT2D eigenvalue weighted by Gasteiger charge is -2.08. The number of ether oxygens (including phenoxy) is 1. The van der Waals surface area contributed by atoms with Crippen molar-refractivity contribution in [2.24, 2.45) is 0 Å². The predicted octanol–water partition coefficient (Wildman–Crippen LogP) is 2.93. The summed E-state index contributed by atoms with van der Waals surface area (Å²) in [4.78, 5) is 11.2. The molecule has 0 amide bonds. The van der Waals surface area contributed by atoms with Crippen molar-refractivity contribution in [1.82, 2.24) is 0 Å². The summed E-state index contributed by atoms with van der Waals surface area (Å²) in [5.74, 6) is -0.187. The molecule has 0 aliphatic carbocycles. The van der Waals surface area contributed by atoms with Crippen molar-refractivity contribution >= 4 is 32.0 Å². The third-order valence-electron chi connectivity index (χ3n) is 2.81. The fraction of sp³-hybridized carbons (Fsp3) is 0.133. The van der Waals surface area contributed by atoms with E-state index in [0.29, 0.717) is 5.56 Å². The van der Waals surface area contributed by atoms with Crippen LogP contribution in [-0.4, -0.2) is 21.5 Å². The Balaban J connectivity index is 2.13. The Morgan fingerprint density at radius 1 is 1.05 bits per heavy atom. The molecule has 22 heavy (non-hydrogen) atoms. The maximum atomic E-state index is 12.1. The van der Waals surface area contributed by atoms with E-state index < -0.39 is 10.1 Å². The topological polar surface area (TPSA) is 69.7 Å². The van der Waals surface area contributed by atoms with Gasteiger partial charge < -0.3 is 8.92 Å². The molecular formula is C15H13BrO5S. The highest BCUT2D eigenvalue weighted by Gasteiger charge is 2.16. The molecule has 0 heterocycles. The van der Waals surface area contributed by atoms with Crippen molar-refractivity contribution in [3.05, 3.63) is 58.6 Å². The molecule has 0 unspecified atom stereocenters. The number of methoxy groups -OCH3 is 1. The highest BCUT2D eigenvalue weighted by molar-refractivity contribution is 9.10. The monoisotopic (exact) mass is 384 g/mol. The summed E-state index contributed by atoms with van der Waals surface area (Å²) in [5.41, 5.74) is 0.709. The highest BCUT2D eigenvalue weighted by atomic mass is 79.9. The number of carbonyl (C=O) groups is 1. The van der Waals surface area contributed by atoms with E-state index in [1.54, 1.807) is 24.3 Å². The standard InChI is InChI=1S/C15H13BrO5S/c1-20-15(17)10-11-2-6-13(7-3-11)21-22(18,19)14-8-4-12(16)5-9-14/h2-9H,10H2,1H3. The minimum atomic E-state index is -3.88. The number of hydrogen-bond donors (Lipinski definition) is 0. The predicted molar refractivity (Wildman–Crippen MR) is 84.1 cm³/mol. The zero-order valence-electron chi connectivity index (χ0n) is 11.7. The Labute approximate surface area is 137 Å². The van der Waals surface area contributed by atoms with Gasteiger partial charge in [0, 0.05) is 4.47 Å². The lowest BCUT2D eigenvalue weighted by molar-refractivity contribution is -0.139. The molecule has 0 aliphatic heterocycles. The van der Waals surface area contributed by atoms with E-state index in [1.165, 1.54) is 31.4 Å². The van der Waals surface area contributed by atoms with Crippen molar-refractivity contribution in [2.45, 2.75) is 11.3 Å². The maximum Gasteiger partial charge on any atom is 0.339 e. The molecule has 0 aromatic heterocycles. The van der Waals surface area contributed by atoms with Gasteiger partial charge in [-0.3, -0.25) is 4.79 Å². The van der Waals surface area contributed by atoms with E-state index in [1.807, 2.05) is 0 Å². The van der Waals surface area contributed by atoms with Gasteiger partial charge >= 0.3 is 16.1 Å². The van der Waals surface area contributed by atoms with Gasteiger partial charge in [-0.05, 0) is 42.0 Å². The van der Waals surface area contributed by atoms with E-state index >= 15 is 0 Å². The van der Waals surface area contributed by atoms with Crippen molar-refractivity contribution in [2.75, 3.05) is 7.11 Å². The van der Waals surface area contributed by atoms with E-state index in [4.69, 9.17) is 4.18 Å². The first-order chi connectivity index (χ1) is 10.4. The molecule has 0 N–H and O–H groups in total. The van der Waals surface area contributed by atoms with Crippen molar-refractivity contribution in [3.8, 4) is 5.75 Å². The number of carbonyl (C=O) groups excluding carboxylic acids is 1. The summed E-state index contributed by atoms with van der Waals surface area (Å²) in [6.45, 7) is 0. The van der Waals surface area contributed by atoms with Gasteiger partial charge in [0.1, 0.15) is 10.6 Å². The molecule has 0 spiro atoms. The van der Waals surface area contributed by atoms with E-state index in [-0.39, 0.29) is 23.0 Å². The van der Waals surface area contributed by atoms with Crippen LogP contribution in [0.15, 0.2) is 57.9 Å². The van der Waals surface area contributed by atoms with Crippen LogP contribution in [-0.2, 0) is 26.1 Å². The number of esters is 1. The first-order valence-corrected chi connectivity index (χ1v) is 8.46. The molecule has 2 rings (SSSR count). The van der Waals surface area contributed by atoms with Crippen LogP contribution in [0.4, 0.5) is 0 Å². The Morgan fingerprint density at radius 3 is 2.18 bits per heavy atom.